The van der Waals surface area contributed by atoms with E-state index in [9.17, 15) is 14.7 Å². The summed E-state index contributed by atoms with van der Waals surface area (Å²) in [6.07, 6.45) is 10.5. The number of aliphatic hydroxyl groups is 1. The predicted molar refractivity (Wildman–Crippen MR) is 116 cm³/mol. The van der Waals surface area contributed by atoms with Gasteiger partial charge in [0.25, 0.3) is 0 Å². The molecule has 0 spiro atoms. The largest absolute Gasteiger partial charge is 0.458 e. The van der Waals surface area contributed by atoms with E-state index < -0.39 is 11.6 Å². The summed E-state index contributed by atoms with van der Waals surface area (Å²) < 4.78 is 5.22. The minimum Gasteiger partial charge on any atom is -0.458 e. The molecule has 170 valence electrons. The van der Waals surface area contributed by atoms with Gasteiger partial charge in [0.2, 0.25) is 0 Å². The highest BCUT2D eigenvalue weighted by atomic mass is 16.5. The number of rotatable bonds is 2. The fourth-order valence-electron chi connectivity index (χ4n) is 8.45. The SMILES string of the molecule is C[C@]12CC/C(=N/NC(N)=O)C[C@@H]1CC[C@@H]1[C@@H]2CC[C@]2(C)[C@@H](C3=CC(=O)OC3)CC[C@]12O. The molecule has 0 aromatic carbocycles. The summed E-state index contributed by atoms with van der Waals surface area (Å²) in [5, 5.41) is 16.5. The van der Waals surface area contributed by atoms with Crippen LogP contribution in [0.4, 0.5) is 4.79 Å². The van der Waals surface area contributed by atoms with Crippen molar-refractivity contribution in [3.63, 3.8) is 0 Å². The number of hydrazone groups is 1. The van der Waals surface area contributed by atoms with Crippen LogP contribution in [0, 0.1) is 34.5 Å². The van der Waals surface area contributed by atoms with Crippen molar-refractivity contribution in [1.82, 2.24) is 5.43 Å². The maximum absolute atomic E-state index is 12.2. The normalized spacial score (nSPS) is 47.8. The maximum Gasteiger partial charge on any atom is 0.332 e. The Morgan fingerprint density at radius 2 is 2.00 bits per heavy atom. The number of carbonyl (C=O) groups is 2. The number of carbonyl (C=O) groups excluding carboxylic acids is 2. The number of urea groups is 1. The molecular formula is C24H35N3O4. The molecule has 5 rings (SSSR count). The summed E-state index contributed by atoms with van der Waals surface area (Å²) in [6, 6.07) is -0.612. The number of cyclic esters (lactones) is 1. The van der Waals surface area contributed by atoms with Gasteiger partial charge in [0, 0.05) is 17.2 Å². The predicted octanol–water partition coefficient (Wildman–Crippen LogP) is 3.27. The van der Waals surface area contributed by atoms with Gasteiger partial charge in [0.15, 0.2) is 0 Å². The second-order valence-electron chi connectivity index (χ2n) is 11.1. The van der Waals surface area contributed by atoms with E-state index in [1.54, 1.807) is 6.08 Å². The zero-order valence-corrected chi connectivity index (χ0v) is 18.7. The van der Waals surface area contributed by atoms with Gasteiger partial charge in [0.05, 0.1) is 5.60 Å². The summed E-state index contributed by atoms with van der Waals surface area (Å²) in [4.78, 5) is 22.7. The topological polar surface area (TPSA) is 114 Å². The molecule has 4 N–H and O–H groups in total. The first-order chi connectivity index (χ1) is 14.7. The van der Waals surface area contributed by atoms with Crippen LogP contribution in [0.15, 0.2) is 16.8 Å². The Morgan fingerprint density at radius 1 is 1.19 bits per heavy atom. The van der Waals surface area contributed by atoms with Crippen LogP contribution >= 0.6 is 0 Å². The summed E-state index contributed by atoms with van der Waals surface area (Å²) in [5.74, 6) is 1.34. The van der Waals surface area contributed by atoms with Gasteiger partial charge >= 0.3 is 12.0 Å². The third-order valence-corrected chi connectivity index (χ3v) is 10.1. The van der Waals surface area contributed by atoms with Crippen LogP contribution in [0.3, 0.4) is 0 Å². The molecule has 7 atom stereocenters. The lowest BCUT2D eigenvalue weighted by Gasteiger charge is -2.63. The number of nitrogens with zero attached hydrogens (tertiary/aromatic N) is 1. The molecule has 0 radical (unpaired) electrons. The number of esters is 1. The third kappa shape index (κ3) is 2.99. The third-order valence-electron chi connectivity index (χ3n) is 10.1. The van der Waals surface area contributed by atoms with E-state index in [0.717, 1.165) is 69.1 Å². The molecule has 5 aliphatic rings. The van der Waals surface area contributed by atoms with E-state index in [-0.39, 0.29) is 22.7 Å². The summed E-state index contributed by atoms with van der Waals surface area (Å²) in [5.41, 5.74) is 9.03. The number of nitrogens with one attached hydrogen (secondary N) is 1. The highest BCUT2D eigenvalue weighted by molar-refractivity contribution is 5.87. The van der Waals surface area contributed by atoms with Crippen molar-refractivity contribution in [3.05, 3.63) is 11.6 Å². The smallest absolute Gasteiger partial charge is 0.332 e. The van der Waals surface area contributed by atoms with Crippen molar-refractivity contribution in [2.75, 3.05) is 6.61 Å². The average Bonchev–Trinajstić information content (AvgIpc) is 3.26. The van der Waals surface area contributed by atoms with Gasteiger partial charge in [-0.2, -0.15) is 5.10 Å². The molecule has 4 aliphatic carbocycles. The Morgan fingerprint density at radius 3 is 2.71 bits per heavy atom. The standard InChI is InChI=1S/C24H35N3O4/c1-22-8-5-16(26-27-21(25)29)12-15(22)3-4-19-18(22)6-9-23(2)17(7-10-24(19,23)30)14-11-20(28)31-13-14/h11,15,17-19,30H,3-10,12-13H2,1-2H3,(H3,25,27,29)/b26-16-/t15-,17+,18-,19+,22-,23+,24-/m0/s1. The van der Waals surface area contributed by atoms with Crippen molar-refractivity contribution in [2.45, 2.75) is 77.2 Å². The Bertz CT molecular complexity index is 869. The molecule has 4 saturated carbocycles. The molecule has 7 nitrogen and oxygen atoms in total. The minimum absolute atomic E-state index is 0.190. The van der Waals surface area contributed by atoms with Gasteiger partial charge in [-0.1, -0.05) is 13.8 Å². The van der Waals surface area contributed by atoms with Crippen LogP contribution in [0.2, 0.25) is 0 Å². The van der Waals surface area contributed by atoms with E-state index in [0.29, 0.717) is 24.4 Å². The first kappa shape index (κ1) is 21.0. The Balaban J connectivity index is 1.39. The van der Waals surface area contributed by atoms with Gasteiger partial charge in [-0.05, 0) is 92.4 Å². The fourth-order valence-corrected chi connectivity index (χ4v) is 8.45. The lowest BCUT2D eigenvalue weighted by atomic mass is 9.43. The van der Waals surface area contributed by atoms with Crippen LogP contribution in [0.1, 0.15) is 71.6 Å². The number of primary amides is 1. The van der Waals surface area contributed by atoms with Crippen LogP contribution in [0.25, 0.3) is 0 Å². The van der Waals surface area contributed by atoms with Gasteiger partial charge in [-0.3, -0.25) is 0 Å². The van der Waals surface area contributed by atoms with Gasteiger partial charge < -0.3 is 15.6 Å². The molecule has 1 aliphatic heterocycles. The summed E-state index contributed by atoms with van der Waals surface area (Å²) >= 11 is 0. The summed E-state index contributed by atoms with van der Waals surface area (Å²) in [7, 11) is 0. The van der Waals surface area contributed by atoms with E-state index in [1.165, 1.54) is 0 Å². The molecule has 0 saturated heterocycles. The van der Waals surface area contributed by atoms with E-state index in [2.05, 4.69) is 24.4 Å². The Labute approximate surface area is 183 Å². The van der Waals surface area contributed by atoms with E-state index in [4.69, 9.17) is 10.5 Å². The highest BCUT2D eigenvalue weighted by Crippen LogP contribution is 2.69. The van der Waals surface area contributed by atoms with Crippen molar-refractivity contribution < 1.29 is 19.4 Å². The van der Waals surface area contributed by atoms with Crippen molar-refractivity contribution in [1.29, 1.82) is 0 Å². The molecule has 0 aromatic rings. The van der Waals surface area contributed by atoms with Crippen molar-refractivity contribution in [3.8, 4) is 0 Å². The van der Waals surface area contributed by atoms with Crippen LogP contribution in [-0.4, -0.2) is 35.0 Å². The van der Waals surface area contributed by atoms with Gasteiger partial charge in [-0.15, -0.1) is 0 Å². The van der Waals surface area contributed by atoms with Gasteiger partial charge in [-0.25, -0.2) is 15.0 Å². The number of amides is 2. The first-order valence-electron chi connectivity index (χ1n) is 11.9. The molecule has 0 bridgehead atoms. The fraction of sp³-hybridized carbons (Fsp3) is 0.792. The molecule has 31 heavy (non-hydrogen) atoms. The lowest BCUT2D eigenvalue weighted by Crippen LogP contribution is -2.62. The molecular weight excluding hydrogens is 394 g/mol. The van der Waals surface area contributed by atoms with E-state index in [1.807, 2.05) is 0 Å². The molecule has 4 fully saturated rings. The van der Waals surface area contributed by atoms with Crippen LogP contribution < -0.4 is 11.2 Å². The number of fused-ring (bicyclic) bond motifs is 5. The second kappa shape index (κ2) is 7.06. The first-order valence-corrected chi connectivity index (χ1v) is 11.9. The number of hydrogen-bond acceptors (Lipinski definition) is 5. The van der Waals surface area contributed by atoms with Crippen LogP contribution in [-0.2, 0) is 9.53 Å². The van der Waals surface area contributed by atoms with Gasteiger partial charge in [0.1, 0.15) is 6.61 Å². The zero-order valence-electron chi connectivity index (χ0n) is 18.7. The minimum atomic E-state index is -0.678. The number of nitrogens with two attached hydrogens (primary N) is 1. The van der Waals surface area contributed by atoms with E-state index >= 15 is 0 Å². The quantitative estimate of drug-likeness (QED) is 0.462. The summed E-state index contributed by atoms with van der Waals surface area (Å²) in [6.45, 7) is 5.09. The molecule has 0 aromatic heterocycles. The van der Waals surface area contributed by atoms with Crippen molar-refractivity contribution >= 4 is 17.7 Å². The number of ether oxygens (including phenoxy) is 1. The Hall–Kier alpha value is -1.89. The zero-order chi connectivity index (χ0) is 22.0. The Kier molecular flexibility index (Phi) is 4.78. The average molecular weight is 430 g/mol. The highest BCUT2D eigenvalue weighted by Gasteiger charge is 2.67. The number of hydrogen-bond donors (Lipinski definition) is 3. The molecule has 7 heteroatoms. The molecule has 0 unspecified atom stereocenters. The monoisotopic (exact) mass is 429 g/mol. The maximum atomic E-state index is 12.2. The van der Waals surface area contributed by atoms with Crippen molar-refractivity contribution in [2.24, 2.45) is 45.3 Å². The molecule has 1 heterocycles. The second-order valence-corrected chi connectivity index (χ2v) is 11.1. The van der Waals surface area contributed by atoms with Crippen LogP contribution in [0.5, 0.6) is 0 Å². The lowest BCUT2D eigenvalue weighted by molar-refractivity contribution is -0.200. The molecule has 2 amide bonds.